The Morgan fingerprint density at radius 2 is 2.12 bits per heavy atom. The van der Waals surface area contributed by atoms with Gasteiger partial charge in [-0.2, -0.15) is 0 Å². The van der Waals surface area contributed by atoms with Crippen molar-refractivity contribution >= 4 is 0 Å². The molecular weight excluding hydrogens is 212 g/mol. The molecule has 1 N–H and O–H groups in total. The quantitative estimate of drug-likeness (QED) is 0.875. The van der Waals surface area contributed by atoms with Gasteiger partial charge in [-0.1, -0.05) is 34.6 Å². The normalized spacial score (nSPS) is 20.7. The first-order valence-electron chi connectivity index (χ1n) is 6.64. The van der Waals surface area contributed by atoms with E-state index in [1.165, 1.54) is 0 Å². The largest absolute Gasteiger partial charge is 0.312 e. The van der Waals surface area contributed by atoms with Gasteiger partial charge >= 0.3 is 0 Å². The van der Waals surface area contributed by atoms with Crippen molar-refractivity contribution in [3.05, 3.63) is 11.6 Å². The van der Waals surface area contributed by atoms with Gasteiger partial charge in [-0.15, -0.1) is 10.2 Å². The fourth-order valence-electron chi connectivity index (χ4n) is 2.38. The first kappa shape index (κ1) is 12.6. The highest BCUT2D eigenvalue weighted by Gasteiger charge is 2.32. The molecule has 4 nitrogen and oxygen atoms in total. The fraction of sp³-hybridized carbons (Fsp3) is 0.846. The van der Waals surface area contributed by atoms with Crippen LogP contribution < -0.4 is 5.32 Å². The van der Waals surface area contributed by atoms with Crippen molar-refractivity contribution in [1.29, 1.82) is 0 Å². The zero-order valence-electron chi connectivity index (χ0n) is 11.6. The highest BCUT2D eigenvalue weighted by Crippen LogP contribution is 2.30. The van der Waals surface area contributed by atoms with Gasteiger partial charge in [-0.05, 0) is 12.3 Å². The van der Waals surface area contributed by atoms with Crippen molar-refractivity contribution in [3.63, 3.8) is 0 Å². The second-order valence-electron chi connectivity index (χ2n) is 5.95. The first-order chi connectivity index (χ1) is 7.97. The van der Waals surface area contributed by atoms with Crippen LogP contribution in [0.3, 0.4) is 0 Å². The Bertz CT molecular complexity index is 392. The summed E-state index contributed by atoms with van der Waals surface area (Å²) in [5.41, 5.74) is 0.115. The molecule has 96 valence electrons. The Balaban J connectivity index is 2.41. The molecule has 1 aliphatic heterocycles. The van der Waals surface area contributed by atoms with Crippen LogP contribution in [0.1, 0.15) is 58.7 Å². The van der Waals surface area contributed by atoms with E-state index in [2.05, 4.69) is 54.7 Å². The van der Waals surface area contributed by atoms with Gasteiger partial charge in [0.1, 0.15) is 5.82 Å². The molecule has 1 aliphatic rings. The molecule has 1 atom stereocenters. The number of nitrogens with one attached hydrogen (secondary N) is 1. The van der Waals surface area contributed by atoms with E-state index in [9.17, 15) is 0 Å². The number of fused-ring (bicyclic) bond motifs is 1. The molecule has 1 aromatic heterocycles. The number of nitrogens with zero attached hydrogens (tertiary/aromatic N) is 3. The third kappa shape index (κ3) is 2.10. The number of rotatable bonds is 3. The van der Waals surface area contributed by atoms with Gasteiger partial charge in [0.25, 0.3) is 0 Å². The zero-order chi connectivity index (χ0) is 12.6. The minimum atomic E-state index is 0.115. The lowest BCUT2D eigenvalue weighted by molar-refractivity contribution is 0.324. The molecule has 4 heteroatoms. The molecule has 1 unspecified atom stereocenters. The standard InChI is InChI=1S/C13H24N4/c1-6-13(4,5)12-16-15-11-10(9(2)3)14-7-8-17(11)12/h9-10,14H,6-8H2,1-5H3. The van der Waals surface area contributed by atoms with Crippen LogP contribution in [0.15, 0.2) is 0 Å². The van der Waals surface area contributed by atoms with Crippen molar-refractivity contribution in [3.8, 4) is 0 Å². The number of hydrogen-bond acceptors (Lipinski definition) is 3. The van der Waals surface area contributed by atoms with Gasteiger partial charge in [0.05, 0.1) is 6.04 Å². The SMILES string of the molecule is CCC(C)(C)c1nnc2n1CCNC2C(C)C. The van der Waals surface area contributed by atoms with Crippen molar-refractivity contribution < 1.29 is 0 Å². The van der Waals surface area contributed by atoms with Crippen LogP contribution >= 0.6 is 0 Å². The van der Waals surface area contributed by atoms with E-state index in [1.54, 1.807) is 0 Å². The summed E-state index contributed by atoms with van der Waals surface area (Å²) in [6.07, 6.45) is 1.09. The molecule has 2 rings (SSSR count). The van der Waals surface area contributed by atoms with Gasteiger partial charge in [0.15, 0.2) is 5.82 Å². The first-order valence-corrected chi connectivity index (χ1v) is 6.64. The molecule has 0 fully saturated rings. The third-order valence-corrected chi connectivity index (χ3v) is 3.91. The monoisotopic (exact) mass is 236 g/mol. The average molecular weight is 236 g/mol. The Kier molecular flexibility index (Phi) is 3.25. The molecule has 1 aromatic rings. The number of aromatic nitrogens is 3. The molecule has 0 spiro atoms. The topological polar surface area (TPSA) is 42.7 Å². The molecule has 0 saturated carbocycles. The van der Waals surface area contributed by atoms with Crippen molar-refractivity contribution in [2.45, 2.75) is 59.0 Å². The summed E-state index contributed by atoms with van der Waals surface area (Å²) in [4.78, 5) is 0. The minimum Gasteiger partial charge on any atom is -0.312 e. The van der Waals surface area contributed by atoms with Crippen LogP contribution in [-0.4, -0.2) is 21.3 Å². The van der Waals surface area contributed by atoms with Crippen molar-refractivity contribution in [2.75, 3.05) is 6.54 Å². The van der Waals surface area contributed by atoms with Gasteiger partial charge < -0.3 is 9.88 Å². The molecule has 0 aromatic carbocycles. The van der Waals surface area contributed by atoms with E-state index in [0.717, 1.165) is 31.2 Å². The molecule has 0 aliphatic carbocycles. The maximum atomic E-state index is 4.45. The maximum absolute atomic E-state index is 4.45. The van der Waals surface area contributed by atoms with Crippen LogP contribution in [0, 0.1) is 5.92 Å². The van der Waals surface area contributed by atoms with Crippen LogP contribution in [0.5, 0.6) is 0 Å². The molecule has 0 bridgehead atoms. The summed E-state index contributed by atoms with van der Waals surface area (Å²) >= 11 is 0. The second-order valence-corrected chi connectivity index (χ2v) is 5.95. The summed E-state index contributed by atoms with van der Waals surface area (Å²) in [7, 11) is 0. The Morgan fingerprint density at radius 3 is 2.71 bits per heavy atom. The Labute approximate surface area is 104 Å². The zero-order valence-corrected chi connectivity index (χ0v) is 11.6. The van der Waals surface area contributed by atoms with Gasteiger partial charge in [-0.3, -0.25) is 0 Å². The van der Waals surface area contributed by atoms with Gasteiger partial charge in [0.2, 0.25) is 0 Å². The van der Waals surface area contributed by atoms with Crippen molar-refractivity contribution in [2.24, 2.45) is 5.92 Å². The van der Waals surface area contributed by atoms with E-state index in [4.69, 9.17) is 0 Å². The maximum Gasteiger partial charge on any atom is 0.150 e. The van der Waals surface area contributed by atoms with E-state index in [1.807, 2.05) is 0 Å². The number of hydrogen-bond donors (Lipinski definition) is 1. The fourth-order valence-corrected chi connectivity index (χ4v) is 2.38. The summed E-state index contributed by atoms with van der Waals surface area (Å²) < 4.78 is 2.32. The van der Waals surface area contributed by atoms with E-state index in [0.29, 0.717) is 12.0 Å². The highest BCUT2D eigenvalue weighted by molar-refractivity contribution is 5.12. The summed E-state index contributed by atoms with van der Waals surface area (Å²) in [6, 6.07) is 0.345. The van der Waals surface area contributed by atoms with Crippen molar-refractivity contribution in [1.82, 2.24) is 20.1 Å². The lowest BCUT2D eigenvalue weighted by Gasteiger charge is -2.30. The summed E-state index contributed by atoms with van der Waals surface area (Å²) in [5.74, 6) is 2.81. The molecular formula is C13H24N4. The third-order valence-electron chi connectivity index (χ3n) is 3.91. The predicted molar refractivity (Wildman–Crippen MR) is 68.9 cm³/mol. The molecule has 2 heterocycles. The molecule has 17 heavy (non-hydrogen) atoms. The van der Waals surface area contributed by atoms with E-state index < -0.39 is 0 Å². The lowest BCUT2D eigenvalue weighted by Crippen LogP contribution is -2.38. The highest BCUT2D eigenvalue weighted by atomic mass is 15.3. The van der Waals surface area contributed by atoms with Crippen LogP contribution in [0.2, 0.25) is 0 Å². The lowest BCUT2D eigenvalue weighted by atomic mass is 9.89. The summed E-state index contributed by atoms with van der Waals surface area (Å²) in [5, 5.41) is 12.4. The molecule has 0 radical (unpaired) electrons. The Morgan fingerprint density at radius 1 is 1.41 bits per heavy atom. The van der Waals surface area contributed by atoms with Crippen LogP contribution in [-0.2, 0) is 12.0 Å². The van der Waals surface area contributed by atoms with Crippen LogP contribution in [0.4, 0.5) is 0 Å². The van der Waals surface area contributed by atoms with E-state index in [-0.39, 0.29) is 5.41 Å². The molecule has 0 saturated heterocycles. The smallest absolute Gasteiger partial charge is 0.150 e. The van der Waals surface area contributed by atoms with Crippen LogP contribution in [0.25, 0.3) is 0 Å². The van der Waals surface area contributed by atoms with Gasteiger partial charge in [0, 0.05) is 18.5 Å². The second kappa shape index (κ2) is 4.41. The predicted octanol–water partition coefficient (Wildman–Crippen LogP) is 2.27. The Hall–Kier alpha value is -0.900. The van der Waals surface area contributed by atoms with Gasteiger partial charge in [-0.25, -0.2) is 0 Å². The molecule has 0 amide bonds. The van der Waals surface area contributed by atoms with E-state index >= 15 is 0 Å². The minimum absolute atomic E-state index is 0.115. The average Bonchev–Trinajstić information content (AvgIpc) is 2.72. The summed E-state index contributed by atoms with van der Waals surface area (Å²) in [6.45, 7) is 13.2.